The number of aliphatic hydroxyl groups is 1. The summed E-state index contributed by atoms with van der Waals surface area (Å²) in [6, 6.07) is 0. The molecule has 1 N–H and O–H groups in total. The molecular weight excluding hydrogens is 236 g/mol. The van der Waals surface area contributed by atoms with Crippen LogP contribution >= 0.6 is 0 Å². The molecule has 2 aliphatic rings. The Kier molecular flexibility index (Phi) is 3.48. The fourth-order valence-corrected chi connectivity index (χ4v) is 3.95. The smallest absolute Gasteiger partial charge is 0.0733 e. The van der Waals surface area contributed by atoms with Crippen molar-refractivity contribution in [3.8, 4) is 0 Å². The number of fused-ring (bicyclic) bond motifs is 2. The Balaban J connectivity index is 2.03. The molecule has 2 aliphatic carbocycles. The summed E-state index contributed by atoms with van der Waals surface area (Å²) in [6.45, 7) is 2.62. The van der Waals surface area contributed by atoms with Gasteiger partial charge in [0.05, 0.1) is 5.69 Å². The Morgan fingerprint density at radius 1 is 1.37 bits per heavy atom. The van der Waals surface area contributed by atoms with Crippen molar-refractivity contribution in [2.24, 2.45) is 13.0 Å². The van der Waals surface area contributed by atoms with Gasteiger partial charge in [0.15, 0.2) is 0 Å². The molecule has 0 saturated carbocycles. The molecule has 0 fully saturated rings. The van der Waals surface area contributed by atoms with Crippen LogP contribution in [-0.4, -0.2) is 21.5 Å². The van der Waals surface area contributed by atoms with Crippen LogP contribution < -0.4 is 0 Å². The Morgan fingerprint density at radius 3 is 2.95 bits per heavy atom. The molecule has 3 rings (SSSR count). The first-order valence-corrected chi connectivity index (χ1v) is 7.59. The lowest BCUT2D eigenvalue weighted by atomic mass is 9.69. The SMILES string of the molecule is C[C@H]1c2nn(C)cc2C2=C(CCCC2)C1CCCO. The first kappa shape index (κ1) is 12.9. The van der Waals surface area contributed by atoms with Gasteiger partial charge in [-0.25, -0.2) is 0 Å². The van der Waals surface area contributed by atoms with Crippen LogP contribution in [0.1, 0.15) is 62.6 Å². The number of nitrogens with zero attached hydrogens (tertiary/aromatic N) is 2. The summed E-state index contributed by atoms with van der Waals surface area (Å²) in [5, 5.41) is 13.8. The number of hydrogen-bond acceptors (Lipinski definition) is 2. The van der Waals surface area contributed by atoms with Crippen LogP contribution in [0.3, 0.4) is 0 Å². The summed E-state index contributed by atoms with van der Waals surface area (Å²) < 4.78 is 1.97. The van der Waals surface area contributed by atoms with Crippen LogP contribution in [0.4, 0.5) is 0 Å². The topological polar surface area (TPSA) is 38.0 Å². The highest BCUT2D eigenvalue weighted by atomic mass is 16.2. The van der Waals surface area contributed by atoms with Crippen molar-refractivity contribution in [1.82, 2.24) is 9.78 Å². The third-order valence-electron chi connectivity index (χ3n) is 4.85. The molecular formula is C16H24N2O. The summed E-state index contributed by atoms with van der Waals surface area (Å²) in [4.78, 5) is 0. The third-order valence-corrected chi connectivity index (χ3v) is 4.85. The molecule has 3 nitrogen and oxygen atoms in total. The molecule has 0 aromatic carbocycles. The standard InChI is InChI=1S/C16H24N2O/c1-11-12(8-5-9-19)13-6-3-4-7-14(13)15-10-18(2)17-16(11)15/h10-12,19H,3-9H2,1-2H3/t11-,12?/m1/s1. The van der Waals surface area contributed by atoms with Crippen LogP contribution in [0.5, 0.6) is 0 Å². The monoisotopic (exact) mass is 260 g/mol. The van der Waals surface area contributed by atoms with Gasteiger partial charge >= 0.3 is 0 Å². The van der Waals surface area contributed by atoms with Gasteiger partial charge in [-0.1, -0.05) is 12.5 Å². The minimum Gasteiger partial charge on any atom is -0.396 e. The third kappa shape index (κ3) is 2.14. The van der Waals surface area contributed by atoms with Crippen molar-refractivity contribution < 1.29 is 5.11 Å². The fourth-order valence-electron chi connectivity index (χ4n) is 3.95. The highest BCUT2D eigenvalue weighted by Crippen LogP contribution is 2.49. The van der Waals surface area contributed by atoms with E-state index in [4.69, 9.17) is 10.2 Å². The van der Waals surface area contributed by atoms with Crippen LogP contribution in [-0.2, 0) is 7.05 Å². The normalized spacial score (nSPS) is 26.3. The van der Waals surface area contributed by atoms with Gasteiger partial charge in [-0.2, -0.15) is 5.10 Å². The Labute approximate surface area is 115 Å². The van der Waals surface area contributed by atoms with Crippen LogP contribution in [0.15, 0.2) is 11.8 Å². The first-order chi connectivity index (χ1) is 9.22. The van der Waals surface area contributed by atoms with E-state index in [1.165, 1.54) is 36.9 Å². The minimum atomic E-state index is 0.306. The Hall–Kier alpha value is -1.09. The lowest BCUT2D eigenvalue weighted by molar-refractivity contribution is 0.269. The molecule has 1 aromatic rings. The van der Waals surface area contributed by atoms with E-state index in [0.717, 1.165) is 12.8 Å². The van der Waals surface area contributed by atoms with E-state index in [1.54, 1.807) is 11.1 Å². The zero-order valence-electron chi connectivity index (χ0n) is 12.0. The van der Waals surface area contributed by atoms with Crippen molar-refractivity contribution in [3.63, 3.8) is 0 Å². The van der Waals surface area contributed by atoms with Gasteiger partial charge in [-0.3, -0.25) is 4.68 Å². The molecule has 104 valence electrons. The van der Waals surface area contributed by atoms with Gasteiger partial charge in [0.1, 0.15) is 0 Å². The highest BCUT2D eigenvalue weighted by molar-refractivity contribution is 5.73. The lowest BCUT2D eigenvalue weighted by Crippen LogP contribution is -2.22. The lowest BCUT2D eigenvalue weighted by Gasteiger charge is -2.35. The van der Waals surface area contributed by atoms with E-state index in [1.807, 2.05) is 11.7 Å². The van der Waals surface area contributed by atoms with Crippen LogP contribution in [0, 0.1) is 5.92 Å². The maximum Gasteiger partial charge on any atom is 0.0733 e. The van der Waals surface area contributed by atoms with E-state index < -0.39 is 0 Å². The zero-order valence-corrected chi connectivity index (χ0v) is 12.0. The summed E-state index contributed by atoms with van der Waals surface area (Å²) >= 11 is 0. The average molecular weight is 260 g/mol. The molecule has 0 spiro atoms. The maximum absolute atomic E-state index is 9.14. The molecule has 0 bridgehead atoms. The quantitative estimate of drug-likeness (QED) is 0.906. The van der Waals surface area contributed by atoms with Crippen molar-refractivity contribution in [1.29, 1.82) is 0 Å². The van der Waals surface area contributed by atoms with Crippen molar-refractivity contribution in [2.45, 2.75) is 51.4 Å². The van der Waals surface area contributed by atoms with Gasteiger partial charge in [0.2, 0.25) is 0 Å². The second-order valence-electron chi connectivity index (χ2n) is 6.07. The van der Waals surface area contributed by atoms with E-state index in [-0.39, 0.29) is 0 Å². The fraction of sp³-hybridized carbons (Fsp3) is 0.688. The van der Waals surface area contributed by atoms with E-state index in [0.29, 0.717) is 18.4 Å². The second kappa shape index (κ2) is 5.12. The van der Waals surface area contributed by atoms with Gasteiger partial charge < -0.3 is 5.11 Å². The van der Waals surface area contributed by atoms with E-state index in [9.17, 15) is 0 Å². The summed E-state index contributed by atoms with van der Waals surface area (Å²) in [5.74, 6) is 1.10. The Bertz CT molecular complexity index is 501. The van der Waals surface area contributed by atoms with Gasteiger partial charge in [-0.05, 0) is 50.0 Å². The van der Waals surface area contributed by atoms with Crippen LogP contribution in [0.2, 0.25) is 0 Å². The van der Waals surface area contributed by atoms with Gasteiger partial charge in [-0.15, -0.1) is 0 Å². The molecule has 1 heterocycles. The Morgan fingerprint density at radius 2 is 2.16 bits per heavy atom. The van der Waals surface area contributed by atoms with Gasteiger partial charge in [0, 0.05) is 31.3 Å². The van der Waals surface area contributed by atoms with E-state index >= 15 is 0 Å². The summed E-state index contributed by atoms with van der Waals surface area (Å²) in [7, 11) is 2.02. The van der Waals surface area contributed by atoms with Gasteiger partial charge in [0.25, 0.3) is 0 Å². The summed E-state index contributed by atoms with van der Waals surface area (Å²) in [5.41, 5.74) is 5.94. The first-order valence-electron chi connectivity index (χ1n) is 7.59. The molecule has 1 unspecified atom stereocenters. The zero-order chi connectivity index (χ0) is 13.4. The predicted octanol–water partition coefficient (Wildman–Crippen LogP) is 3.25. The number of allylic oxidation sites excluding steroid dienone is 2. The summed E-state index contributed by atoms with van der Waals surface area (Å²) in [6.07, 6.45) is 9.33. The highest BCUT2D eigenvalue weighted by Gasteiger charge is 2.35. The maximum atomic E-state index is 9.14. The van der Waals surface area contributed by atoms with Crippen molar-refractivity contribution in [3.05, 3.63) is 23.0 Å². The minimum absolute atomic E-state index is 0.306. The molecule has 0 radical (unpaired) electrons. The molecule has 0 saturated heterocycles. The van der Waals surface area contributed by atoms with Crippen LogP contribution in [0.25, 0.3) is 5.57 Å². The molecule has 0 amide bonds. The predicted molar refractivity (Wildman–Crippen MR) is 76.8 cm³/mol. The van der Waals surface area contributed by atoms with E-state index in [2.05, 4.69) is 13.1 Å². The number of aromatic nitrogens is 2. The average Bonchev–Trinajstić information content (AvgIpc) is 2.81. The number of aliphatic hydroxyl groups excluding tert-OH is 1. The van der Waals surface area contributed by atoms with Crippen molar-refractivity contribution in [2.75, 3.05) is 6.61 Å². The number of aryl methyl sites for hydroxylation is 1. The van der Waals surface area contributed by atoms with Crippen molar-refractivity contribution >= 4 is 5.57 Å². The largest absolute Gasteiger partial charge is 0.396 e. The number of hydrogen-bond donors (Lipinski definition) is 1. The molecule has 1 aromatic heterocycles. The molecule has 0 aliphatic heterocycles. The second-order valence-corrected chi connectivity index (χ2v) is 6.07. The molecule has 3 heteroatoms. The molecule has 2 atom stereocenters. The number of rotatable bonds is 3. The molecule has 19 heavy (non-hydrogen) atoms.